The van der Waals surface area contributed by atoms with Gasteiger partial charge in [0.1, 0.15) is 5.03 Å². The Balaban J connectivity index is 1.40. The second-order valence-corrected chi connectivity index (χ2v) is 9.70. The van der Waals surface area contributed by atoms with Gasteiger partial charge in [-0.05, 0) is 48.5 Å². The zero-order valence-electron chi connectivity index (χ0n) is 18.4. The lowest BCUT2D eigenvalue weighted by Gasteiger charge is -2.15. The number of imide groups is 1. The first kappa shape index (κ1) is 25.3. The number of hydrogen-bond acceptors (Lipinski definition) is 8. The highest BCUT2D eigenvalue weighted by molar-refractivity contribution is 9.10. The number of carboxylic acid groups (broad SMARTS) is 1. The Hall–Kier alpha value is -3.83. The predicted molar refractivity (Wildman–Crippen MR) is 133 cm³/mol. The molecule has 1 aliphatic heterocycles. The molecule has 182 valence electrons. The highest BCUT2D eigenvalue weighted by Gasteiger charge is 2.41. The molecule has 0 saturated carbocycles. The van der Waals surface area contributed by atoms with Gasteiger partial charge in [-0.25, -0.2) is 19.5 Å². The Kier molecular flexibility index (Phi) is 7.61. The van der Waals surface area contributed by atoms with E-state index >= 15 is 0 Å². The molecule has 1 N–H and O–H groups in total. The number of aromatic nitrogens is 1. The zero-order chi connectivity index (χ0) is 25.8. The third-order valence-corrected chi connectivity index (χ3v) is 6.95. The number of pyridine rings is 1. The second-order valence-electron chi connectivity index (χ2n) is 7.59. The quantitative estimate of drug-likeness (QED) is 0.243. The molecule has 1 aromatic heterocycles. The SMILES string of the molecule is O=C(COC(=O)c1ccc(N2C(=O)CC(Sc3ncccc3C(=O)O)C2=O)cc1)c1ccc(Br)cc1. The van der Waals surface area contributed by atoms with E-state index < -0.39 is 35.6 Å². The number of carbonyl (C=O) groups is 5. The number of hydrogen-bond donors (Lipinski definition) is 1. The van der Waals surface area contributed by atoms with E-state index in [9.17, 15) is 29.1 Å². The van der Waals surface area contributed by atoms with Crippen molar-refractivity contribution in [3.8, 4) is 0 Å². The maximum atomic E-state index is 12.9. The molecule has 2 amide bonds. The number of carbonyl (C=O) groups excluding carboxylic acids is 4. The number of anilines is 1. The maximum Gasteiger partial charge on any atom is 0.338 e. The van der Waals surface area contributed by atoms with Gasteiger partial charge < -0.3 is 9.84 Å². The van der Waals surface area contributed by atoms with Gasteiger partial charge in [-0.1, -0.05) is 39.8 Å². The number of ether oxygens (including phenoxy) is 1. The van der Waals surface area contributed by atoms with Crippen LogP contribution in [-0.2, 0) is 14.3 Å². The molecule has 9 nitrogen and oxygen atoms in total. The van der Waals surface area contributed by atoms with E-state index in [0.29, 0.717) is 5.56 Å². The molecule has 36 heavy (non-hydrogen) atoms. The highest BCUT2D eigenvalue weighted by Crippen LogP contribution is 2.34. The topological polar surface area (TPSA) is 131 Å². The van der Waals surface area contributed by atoms with Crippen molar-refractivity contribution >= 4 is 62.9 Å². The third kappa shape index (κ3) is 5.52. The molecule has 1 aliphatic rings. The van der Waals surface area contributed by atoms with Gasteiger partial charge in [-0.15, -0.1) is 0 Å². The summed E-state index contributed by atoms with van der Waals surface area (Å²) in [7, 11) is 0. The molecular formula is C25H17BrN2O7S. The van der Waals surface area contributed by atoms with E-state index in [2.05, 4.69) is 20.9 Å². The number of Topliss-reactive ketones (excluding diaryl/α,β-unsaturated/α-hetero) is 1. The van der Waals surface area contributed by atoms with Crippen molar-refractivity contribution in [2.75, 3.05) is 11.5 Å². The first-order valence-corrected chi connectivity index (χ1v) is 12.2. The molecule has 1 fully saturated rings. The fraction of sp³-hybridized carbons (Fsp3) is 0.120. The normalized spacial score (nSPS) is 15.1. The van der Waals surface area contributed by atoms with E-state index in [0.717, 1.165) is 21.1 Å². The van der Waals surface area contributed by atoms with Gasteiger partial charge in [0, 0.05) is 22.7 Å². The molecule has 0 bridgehead atoms. The summed E-state index contributed by atoms with van der Waals surface area (Å²) in [6.45, 7) is -0.434. The number of halogens is 1. The van der Waals surface area contributed by atoms with E-state index in [-0.39, 0.29) is 34.0 Å². The van der Waals surface area contributed by atoms with Gasteiger partial charge in [0.2, 0.25) is 11.8 Å². The van der Waals surface area contributed by atoms with Crippen LogP contribution >= 0.6 is 27.7 Å². The lowest BCUT2D eigenvalue weighted by Crippen LogP contribution is -2.31. The van der Waals surface area contributed by atoms with Gasteiger partial charge in [0.15, 0.2) is 12.4 Å². The summed E-state index contributed by atoms with van der Waals surface area (Å²) in [6, 6.07) is 15.1. The number of amides is 2. The maximum absolute atomic E-state index is 12.9. The number of rotatable bonds is 8. The van der Waals surface area contributed by atoms with E-state index in [4.69, 9.17) is 4.74 Å². The summed E-state index contributed by atoms with van der Waals surface area (Å²) in [5, 5.41) is 8.63. The predicted octanol–water partition coefficient (Wildman–Crippen LogP) is 4.01. The number of aromatic carboxylic acids is 1. The number of nitrogens with zero attached hydrogens (tertiary/aromatic N) is 2. The first-order valence-electron chi connectivity index (χ1n) is 10.5. The zero-order valence-corrected chi connectivity index (χ0v) is 20.8. The van der Waals surface area contributed by atoms with Gasteiger partial charge in [0.05, 0.1) is 22.1 Å². The molecule has 0 spiro atoms. The molecule has 1 saturated heterocycles. The van der Waals surface area contributed by atoms with Gasteiger partial charge in [-0.2, -0.15) is 0 Å². The van der Waals surface area contributed by atoms with Crippen LogP contribution in [0.5, 0.6) is 0 Å². The van der Waals surface area contributed by atoms with Crippen molar-refractivity contribution in [1.82, 2.24) is 4.98 Å². The Labute approximate surface area is 217 Å². The van der Waals surface area contributed by atoms with Crippen molar-refractivity contribution < 1.29 is 33.8 Å². The van der Waals surface area contributed by atoms with Crippen molar-refractivity contribution in [1.29, 1.82) is 0 Å². The lowest BCUT2D eigenvalue weighted by atomic mass is 10.1. The summed E-state index contributed by atoms with van der Waals surface area (Å²) in [5.41, 5.74) is 0.755. The lowest BCUT2D eigenvalue weighted by molar-refractivity contribution is -0.121. The molecule has 3 aromatic rings. The first-order chi connectivity index (χ1) is 17.2. The minimum absolute atomic E-state index is 0.0531. The molecule has 0 radical (unpaired) electrons. The Morgan fingerprint density at radius 1 is 1.03 bits per heavy atom. The largest absolute Gasteiger partial charge is 0.478 e. The van der Waals surface area contributed by atoms with E-state index in [1.807, 2.05) is 0 Å². The van der Waals surface area contributed by atoms with Crippen LogP contribution in [0.3, 0.4) is 0 Å². The average molecular weight is 569 g/mol. The number of benzene rings is 2. The molecular weight excluding hydrogens is 552 g/mol. The molecule has 4 rings (SSSR count). The summed E-state index contributed by atoms with van der Waals surface area (Å²) in [6.07, 6.45) is 1.29. The average Bonchev–Trinajstić information content (AvgIpc) is 3.15. The van der Waals surface area contributed by atoms with E-state index in [1.54, 1.807) is 24.3 Å². The van der Waals surface area contributed by atoms with Crippen molar-refractivity contribution in [2.24, 2.45) is 0 Å². The number of carboxylic acids is 1. The van der Waals surface area contributed by atoms with Crippen LogP contribution in [0.15, 0.2) is 76.4 Å². The van der Waals surface area contributed by atoms with Crippen LogP contribution in [0.25, 0.3) is 0 Å². The Morgan fingerprint density at radius 2 is 1.69 bits per heavy atom. The summed E-state index contributed by atoms with van der Waals surface area (Å²) in [5.74, 6) is -3.23. The van der Waals surface area contributed by atoms with E-state index in [1.165, 1.54) is 42.6 Å². The Bertz CT molecular complexity index is 1360. The minimum Gasteiger partial charge on any atom is -0.478 e. The standard InChI is InChI=1S/C25H17BrN2O7S/c26-16-7-3-14(4-8-16)19(29)13-35-25(34)15-5-9-17(10-6-15)28-21(30)12-20(23(28)31)36-22-18(24(32)33)2-1-11-27-22/h1-11,20H,12-13H2,(H,32,33). The monoisotopic (exact) mass is 568 g/mol. The van der Waals surface area contributed by atoms with Crippen LogP contribution in [-0.4, -0.2) is 51.5 Å². The van der Waals surface area contributed by atoms with Crippen LogP contribution in [0.4, 0.5) is 5.69 Å². The van der Waals surface area contributed by atoms with Crippen LogP contribution in [0.2, 0.25) is 0 Å². The van der Waals surface area contributed by atoms with Crippen molar-refractivity contribution in [3.63, 3.8) is 0 Å². The summed E-state index contributed by atoms with van der Waals surface area (Å²) < 4.78 is 5.91. The minimum atomic E-state index is -1.18. The van der Waals surface area contributed by atoms with Crippen molar-refractivity contribution in [2.45, 2.75) is 16.7 Å². The number of esters is 1. The molecule has 2 heterocycles. The molecule has 11 heteroatoms. The summed E-state index contributed by atoms with van der Waals surface area (Å²) in [4.78, 5) is 66.5. The van der Waals surface area contributed by atoms with Crippen LogP contribution in [0.1, 0.15) is 37.5 Å². The summed E-state index contributed by atoms with van der Waals surface area (Å²) >= 11 is 4.20. The second kappa shape index (κ2) is 10.8. The van der Waals surface area contributed by atoms with Crippen LogP contribution < -0.4 is 4.90 Å². The molecule has 0 aliphatic carbocycles. The van der Waals surface area contributed by atoms with Gasteiger partial charge in [0.25, 0.3) is 0 Å². The highest BCUT2D eigenvalue weighted by atomic mass is 79.9. The number of ketones is 1. The van der Waals surface area contributed by atoms with Crippen molar-refractivity contribution in [3.05, 3.63) is 88.0 Å². The molecule has 2 aromatic carbocycles. The fourth-order valence-electron chi connectivity index (χ4n) is 3.43. The van der Waals surface area contributed by atoms with Gasteiger partial charge in [-0.3, -0.25) is 14.4 Å². The molecule has 1 atom stereocenters. The Morgan fingerprint density at radius 3 is 2.36 bits per heavy atom. The van der Waals surface area contributed by atoms with Gasteiger partial charge >= 0.3 is 11.9 Å². The smallest absolute Gasteiger partial charge is 0.338 e. The third-order valence-electron chi connectivity index (χ3n) is 5.22. The number of thioether (sulfide) groups is 1. The van der Waals surface area contributed by atoms with Crippen LogP contribution in [0, 0.1) is 0 Å². The molecule has 1 unspecified atom stereocenters. The fourth-order valence-corrected chi connectivity index (χ4v) is 4.80.